The van der Waals surface area contributed by atoms with Crippen LogP contribution in [0.4, 0.5) is 5.82 Å². The molecule has 0 saturated heterocycles. The summed E-state index contributed by atoms with van der Waals surface area (Å²) in [5, 5.41) is 20.8. The maximum absolute atomic E-state index is 13.9. The van der Waals surface area contributed by atoms with Crippen molar-refractivity contribution in [3.63, 3.8) is 0 Å². The van der Waals surface area contributed by atoms with Crippen LogP contribution in [0.25, 0.3) is 10.8 Å². The minimum absolute atomic E-state index is 0.00605. The molecule has 0 atom stereocenters. The minimum Gasteiger partial charge on any atom is -0.508 e. The molecule has 1 saturated carbocycles. The molecule has 34 heavy (non-hydrogen) atoms. The number of rotatable bonds is 7. The maximum atomic E-state index is 13.9. The summed E-state index contributed by atoms with van der Waals surface area (Å²) in [5.74, 6) is -0.445. The van der Waals surface area contributed by atoms with Gasteiger partial charge in [0.15, 0.2) is 0 Å². The number of hydrogen-bond acceptors (Lipinski definition) is 5. The summed E-state index contributed by atoms with van der Waals surface area (Å²) in [6, 6.07) is 19.3. The molecule has 1 heterocycles. The molecule has 0 aliphatic heterocycles. The lowest BCUT2D eigenvalue weighted by atomic mass is 10.0. The zero-order chi connectivity index (χ0) is 23.9. The molecule has 0 bridgehead atoms. The van der Waals surface area contributed by atoms with Crippen LogP contribution in [-0.4, -0.2) is 29.6 Å². The second kappa shape index (κ2) is 8.46. The number of sulfonamides is 1. The van der Waals surface area contributed by atoms with Gasteiger partial charge < -0.3 is 10.2 Å². The van der Waals surface area contributed by atoms with Crippen LogP contribution >= 0.6 is 0 Å². The average Bonchev–Trinajstić information content (AvgIpc) is 3.68. The number of carboxylic acid groups (broad SMARTS) is 1. The van der Waals surface area contributed by atoms with Crippen LogP contribution in [-0.2, 0) is 16.6 Å². The predicted molar refractivity (Wildman–Crippen MR) is 129 cm³/mol. The molecular weight excluding hydrogens is 452 g/mol. The van der Waals surface area contributed by atoms with Gasteiger partial charge in [-0.1, -0.05) is 36.4 Å². The van der Waals surface area contributed by atoms with E-state index in [0.717, 1.165) is 29.2 Å². The number of fused-ring (bicyclic) bond motifs is 1. The third-order valence-electron chi connectivity index (χ3n) is 5.99. The van der Waals surface area contributed by atoms with Gasteiger partial charge in [0.2, 0.25) is 0 Å². The van der Waals surface area contributed by atoms with E-state index in [9.17, 15) is 23.4 Å². The Morgan fingerprint density at radius 2 is 1.65 bits per heavy atom. The van der Waals surface area contributed by atoms with E-state index in [1.54, 1.807) is 18.3 Å². The smallest absolute Gasteiger partial charge is 0.335 e. The van der Waals surface area contributed by atoms with Crippen LogP contribution in [0.2, 0.25) is 0 Å². The third-order valence-corrected chi connectivity index (χ3v) is 7.74. The zero-order valence-corrected chi connectivity index (χ0v) is 18.9. The molecular formula is C26H22N2O5S. The summed E-state index contributed by atoms with van der Waals surface area (Å²) in [6.45, 7) is 0.00829. The number of phenolic OH excluding ortho intramolecular Hbond substituents is 1. The van der Waals surface area contributed by atoms with Gasteiger partial charge in [-0.25, -0.2) is 22.5 Å². The highest BCUT2D eigenvalue weighted by Crippen LogP contribution is 2.47. The fourth-order valence-electron chi connectivity index (χ4n) is 4.09. The molecule has 0 amide bonds. The molecule has 1 fully saturated rings. The van der Waals surface area contributed by atoms with Crippen LogP contribution < -0.4 is 4.31 Å². The predicted octanol–water partition coefficient (Wildman–Crippen LogP) is 4.91. The summed E-state index contributed by atoms with van der Waals surface area (Å²) in [5.41, 5.74) is 1.59. The lowest BCUT2D eigenvalue weighted by molar-refractivity contribution is 0.0696. The SMILES string of the molecule is O=C(O)c1ccc(S(=O)(=O)N(Cc2ccc(O)cc2)c2ncc3ccccc3c2C2CC2)cc1. The number of anilines is 1. The van der Waals surface area contributed by atoms with Crippen molar-refractivity contribution in [2.75, 3.05) is 4.31 Å². The van der Waals surface area contributed by atoms with Crippen LogP contribution in [0.15, 0.2) is 83.9 Å². The van der Waals surface area contributed by atoms with E-state index < -0.39 is 16.0 Å². The Bertz CT molecular complexity index is 1480. The molecule has 5 rings (SSSR count). The fraction of sp³-hybridized carbons (Fsp3) is 0.154. The van der Waals surface area contributed by atoms with E-state index in [-0.39, 0.29) is 28.7 Å². The van der Waals surface area contributed by atoms with Gasteiger partial charge in [0.25, 0.3) is 10.0 Å². The highest BCUT2D eigenvalue weighted by Gasteiger charge is 2.35. The van der Waals surface area contributed by atoms with Gasteiger partial charge in [-0.2, -0.15) is 0 Å². The van der Waals surface area contributed by atoms with Gasteiger partial charge in [-0.15, -0.1) is 0 Å². The number of aromatic hydroxyl groups is 1. The molecule has 1 aliphatic rings. The highest BCUT2D eigenvalue weighted by molar-refractivity contribution is 7.92. The van der Waals surface area contributed by atoms with Gasteiger partial charge in [-0.3, -0.25) is 0 Å². The highest BCUT2D eigenvalue weighted by atomic mass is 32.2. The Balaban J connectivity index is 1.68. The first kappa shape index (κ1) is 21.9. The van der Waals surface area contributed by atoms with Crippen LogP contribution in [0.5, 0.6) is 5.75 Å². The molecule has 7 nitrogen and oxygen atoms in total. The topological polar surface area (TPSA) is 108 Å². The van der Waals surface area contributed by atoms with Gasteiger partial charge in [-0.05, 0) is 66.1 Å². The summed E-state index contributed by atoms with van der Waals surface area (Å²) < 4.78 is 29.1. The van der Waals surface area contributed by atoms with Gasteiger partial charge in [0.1, 0.15) is 11.6 Å². The van der Waals surface area contributed by atoms with Crippen molar-refractivity contribution in [2.24, 2.45) is 0 Å². The number of aromatic nitrogens is 1. The lowest BCUT2D eigenvalue weighted by Crippen LogP contribution is -2.32. The molecule has 1 aromatic heterocycles. The largest absolute Gasteiger partial charge is 0.508 e. The number of carboxylic acids is 1. The maximum Gasteiger partial charge on any atom is 0.335 e. The first-order valence-corrected chi connectivity index (χ1v) is 12.3. The quantitative estimate of drug-likeness (QED) is 0.394. The average molecular weight is 475 g/mol. The van der Waals surface area contributed by atoms with Crippen molar-refractivity contribution >= 4 is 32.6 Å². The number of phenols is 1. The van der Waals surface area contributed by atoms with E-state index in [4.69, 9.17) is 0 Å². The van der Waals surface area contributed by atoms with E-state index in [0.29, 0.717) is 11.4 Å². The number of nitrogens with zero attached hydrogens (tertiary/aromatic N) is 2. The molecule has 172 valence electrons. The molecule has 4 aromatic rings. The minimum atomic E-state index is -4.09. The van der Waals surface area contributed by atoms with Gasteiger partial charge in [0.05, 0.1) is 17.0 Å². The Morgan fingerprint density at radius 3 is 2.29 bits per heavy atom. The second-order valence-electron chi connectivity index (χ2n) is 8.36. The molecule has 1 aliphatic carbocycles. The van der Waals surface area contributed by atoms with Crippen molar-refractivity contribution in [3.8, 4) is 5.75 Å². The monoisotopic (exact) mass is 474 g/mol. The summed E-state index contributed by atoms with van der Waals surface area (Å²) >= 11 is 0. The summed E-state index contributed by atoms with van der Waals surface area (Å²) in [7, 11) is -4.09. The molecule has 0 unspecified atom stereocenters. The standard InChI is InChI=1S/C26H22N2O5S/c29-21-11-5-17(6-12-21)16-28(34(32,33)22-13-9-19(10-14-22)26(30)31)25-24(18-7-8-18)23-4-2-1-3-20(23)15-27-25/h1-6,9-15,18,29H,7-8,16H2,(H,30,31). The summed E-state index contributed by atoms with van der Waals surface area (Å²) in [4.78, 5) is 15.8. The second-order valence-corrected chi connectivity index (χ2v) is 10.2. The van der Waals surface area contributed by atoms with E-state index in [1.807, 2.05) is 24.3 Å². The van der Waals surface area contributed by atoms with Gasteiger partial charge >= 0.3 is 5.97 Å². The van der Waals surface area contributed by atoms with E-state index in [2.05, 4.69) is 4.98 Å². The van der Waals surface area contributed by atoms with Gasteiger partial charge in [0, 0.05) is 17.1 Å². The zero-order valence-electron chi connectivity index (χ0n) is 18.1. The van der Waals surface area contributed by atoms with Crippen molar-refractivity contribution < 1.29 is 23.4 Å². The van der Waals surface area contributed by atoms with Crippen LogP contribution in [0, 0.1) is 0 Å². The van der Waals surface area contributed by atoms with Crippen molar-refractivity contribution in [2.45, 2.75) is 30.2 Å². The number of pyridine rings is 1. The first-order valence-electron chi connectivity index (χ1n) is 10.9. The Hall–Kier alpha value is -3.91. The number of benzene rings is 3. The molecule has 2 N–H and O–H groups in total. The van der Waals surface area contributed by atoms with Crippen LogP contribution in [0.1, 0.15) is 40.2 Å². The Morgan fingerprint density at radius 1 is 0.971 bits per heavy atom. The first-order chi connectivity index (χ1) is 16.3. The number of aromatic carboxylic acids is 1. The molecule has 8 heteroatoms. The summed E-state index contributed by atoms with van der Waals surface area (Å²) in [6.07, 6.45) is 3.61. The third kappa shape index (κ3) is 4.08. The Kier molecular flexibility index (Phi) is 5.45. The number of hydrogen-bond donors (Lipinski definition) is 2. The molecule has 0 spiro atoms. The Labute approximate surface area is 197 Å². The van der Waals surface area contributed by atoms with Crippen molar-refractivity contribution in [3.05, 3.63) is 95.7 Å². The normalized spacial score (nSPS) is 13.6. The van der Waals surface area contributed by atoms with E-state index in [1.165, 1.54) is 40.7 Å². The number of carbonyl (C=O) groups is 1. The molecule has 3 aromatic carbocycles. The fourth-order valence-corrected chi connectivity index (χ4v) is 5.51. The lowest BCUT2D eigenvalue weighted by Gasteiger charge is -2.26. The van der Waals surface area contributed by atoms with Crippen molar-refractivity contribution in [1.29, 1.82) is 0 Å². The van der Waals surface area contributed by atoms with E-state index >= 15 is 0 Å². The van der Waals surface area contributed by atoms with Crippen LogP contribution in [0.3, 0.4) is 0 Å². The van der Waals surface area contributed by atoms with Crippen molar-refractivity contribution in [1.82, 2.24) is 4.98 Å². The molecule has 0 radical (unpaired) electrons.